The molecule has 0 aliphatic rings. The molecule has 0 radical (unpaired) electrons. The molecule has 0 heterocycles. The standard InChI is InChI=1S/C23H20N2O4S3/c1-30-19-11-15-21(16-12-19)31(26,27)24-18-9-13-20(14-10-18)32(28,29)25-23-8-4-6-17-5-2-3-7-22(17)23/h2-16,24-25H,1H3. The Labute approximate surface area is 191 Å². The Morgan fingerprint density at radius 1 is 0.625 bits per heavy atom. The minimum atomic E-state index is -3.85. The van der Waals surface area contributed by atoms with Crippen molar-refractivity contribution < 1.29 is 16.8 Å². The number of sulfonamides is 2. The van der Waals surface area contributed by atoms with Crippen LogP contribution in [0.3, 0.4) is 0 Å². The molecule has 0 unspecified atom stereocenters. The molecule has 0 spiro atoms. The van der Waals surface area contributed by atoms with Crippen LogP contribution in [-0.2, 0) is 20.0 Å². The van der Waals surface area contributed by atoms with Gasteiger partial charge in [-0.25, -0.2) is 16.8 Å². The van der Waals surface area contributed by atoms with Crippen LogP contribution in [0.2, 0.25) is 0 Å². The van der Waals surface area contributed by atoms with Gasteiger partial charge in [-0.3, -0.25) is 9.44 Å². The van der Waals surface area contributed by atoms with Crippen molar-refractivity contribution in [3.63, 3.8) is 0 Å². The summed E-state index contributed by atoms with van der Waals surface area (Å²) in [5.41, 5.74) is 0.740. The first-order chi connectivity index (χ1) is 15.3. The molecule has 2 N–H and O–H groups in total. The van der Waals surface area contributed by atoms with E-state index >= 15 is 0 Å². The largest absolute Gasteiger partial charge is 0.280 e. The number of hydrogen-bond donors (Lipinski definition) is 2. The second-order valence-corrected chi connectivity index (χ2v) is 11.2. The first-order valence-electron chi connectivity index (χ1n) is 9.56. The van der Waals surface area contributed by atoms with Gasteiger partial charge in [0.25, 0.3) is 20.0 Å². The molecule has 0 aromatic heterocycles. The number of fused-ring (bicyclic) bond motifs is 1. The molecule has 0 bridgehead atoms. The molecule has 6 nitrogen and oxygen atoms in total. The van der Waals surface area contributed by atoms with E-state index in [0.717, 1.165) is 15.7 Å². The molecule has 4 rings (SSSR count). The van der Waals surface area contributed by atoms with Crippen LogP contribution in [0.4, 0.5) is 11.4 Å². The van der Waals surface area contributed by atoms with Crippen molar-refractivity contribution in [3.8, 4) is 0 Å². The third-order valence-corrected chi connectivity index (χ3v) is 8.34. The van der Waals surface area contributed by atoms with Gasteiger partial charge in [-0.15, -0.1) is 11.8 Å². The zero-order chi connectivity index (χ0) is 22.8. The third-order valence-electron chi connectivity index (χ3n) is 4.82. The Morgan fingerprint density at radius 2 is 1.19 bits per heavy atom. The molecule has 0 fully saturated rings. The average Bonchev–Trinajstić information content (AvgIpc) is 2.79. The maximum absolute atomic E-state index is 12.9. The van der Waals surface area contributed by atoms with E-state index in [2.05, 4.69) is 9.44 Å². The number of hydrogen-bond acceptors (Lipinski definition) is 5. The molecule has 9 heteroatoms. The van der Waals surface area contributed by atoms with Crippen molar-refractivity contribution in [1.82, 2.24) is 0 Å². The zero-order valence-corrected chi connectivity index (χ0v) is 19.5. The van der Waals surface area contributed by atoms with Crippen molar-refractivity contribution in [2.75, 3.05) is 15.7 Å². The maximum atomic E-state index is 12.9. The monoisotopic (exact) mass is 484 g/mol. The fourth-order valence-corrected chi connectivity index (χ4v) is 5.74. The maximum Gasteiger partial charge on any atom is 0.261 e. The molecule has 4 aromatic carbocycles. The van der Waals surface area contributed by atoms with Gasteiger partial charge in [-0.2, -0.15) is 0 Å². The van der Waals surface area contributed by atoms with Crippen LogP contribution in [-0.4, -0.2) is 23.1 Å². The minimum Gasteiger partial charge on any atom is -0.280 e. The zero-order valence-electron chi connectivity index (χ0n) is 17.0. The van der Waals surface area contributed by atoms with Gasteiger partial charge in [0.05, 0.1) is 15.5 Å². The van der Waals surface area contributed by atoms with Crippen molar-refractivity contribution >= 4 is 54.0 Å². The van der Waals surface area contributed by atoms with Crippen LogP contribution in [0.1, 0.15) is 0 Å². The molecular weight excluding hydrogens is 464 g/mol. The number of thioether (sulfide) groups is 1. The van der Waals surface area contributed by atoms with E-state index in [4.69, 9.17) is 0 Å². The normalized spacial score (nSPS) is 11.9. The molecule has 0 aliphatic heterocycles. The predicted octanol–water partition coefficient (Wildman–Crippen LogP) is 5.16. The molecule has 164 valence electrons. The van der Waals surface area contributed by atoms with Crippen LogP contribution in [0.15, 0.2) is 106 Å². The van der Waals surface area contributed by atoms with Gasteiger partial charge in [0.15, 0.2) is 0 Å². The van der Waals surface area contributed by atoms with Gasteiger partial charge in [-0.1, -0.05) is 36.4 Å². The summed E-state index contributed by atoms with van der Waals surface area (Å²) in [5, 5.41) is 1.71. The van der Waals surface area contributed by atoms with Crippen molar-refractivity contribution in [3.05, 3.63) is 91.0 Å². The van der Waals surface area contributed by atoms with E-state index in [1.165, 1.54) is 48.2 Å². The van der Waals surface area contributed by atoms with E-state index in [1.54, 1.807) is 24.3 Å². The summed E-state index contributed by atoms with van der Waals surface area (Å²) in [6, 6.07) is 25.0. The third kappa shape index (κ3) is 4.74. The predicted molar refractivity (Wildman–Crippen MR) is 130 cm³/mol. The van der Waals surface area contributed by atoms with Gasteiger partial charge in [0.2, 0.25) is 0 Å². The molecule has 0 saturated carbocycles. The highest BCUT2D eigenvalue weighted by Crippen LogP contribution is 2.26. The summed E-state index contributed by atoms with van der Waals surface area (Å²) in [4.78, 5) is 1.11. The van der Waals surface area contributed by atoms with Crippen LogP contribution in [0.5, 0.6) is 0 Å². The lowest BCUT2D eigenvalue weighted by molar-refractivity contribution is 0.600. The summed E-state index contributed by atoms with van der Waals surface area (Å²) < 4.78 is 56.0. The fourth-order valence-electron chi connectivity index (χ4n) is 3.19. The number of benzene rings is 4. The van der Waals surface area contributed by atoms with Gasteiger partial charge in [0, 0.05) is 16.0 Å². The summed E-state index contributed by atoms with van der Waals surface area (Å²) in [5.74, 6) is 0. The summed E-state index contributed by atoms with van der Waals surface area (Å²) in [6.45, 7) is 0. The quantitative estimate of drug-likeness (QED) is 0.353. The Balaban J connectivity index is 1.54. The van der Waals surface area contributed by atoms with Crippen molar-refractivity contribution in [1.29, 1.82) is 0 Å². The molecule has 0 saturated heterocycles. The Morgan fingerprint density at radius 3 is 1.84 bits per heavy atom. The Hall–Kier alpha value is -3.01. The average molecular weight is 485 g/mol. The summed E-state index contributed by atoms with van der Waals surface area (Å²) >= 11 is 1.52. The fraction of sp³-hybridized carbons (Fsp3) is 0.0435. The molecular formula is C23H20N2O4S3. The topological polar surface area (TPSA) is 92.3 Å². The molecule has 4 aromatic rings. The van der Waals surface area contributed by atoms with E-state index in [0.29, 0.717) is 5.69 Å². The molecule has 32 heavy (non-hydrogen) atoms. The number of nitrogens with one attached hydrogen (secondary N) is 2. The van der Waals surface area contributed by atoms with Crippen LogP contribution in [0.25, 0.3) is 10.8 Å². The first-order valence-corrected chi connectivity index (χ1v) is 13.8. The number of rotatable bonds is 7. The van der Waals surface area contributed by atoms with E-state index in [9.17, 15) is 16.8 Å². The number of anilines is 2. The molecule has 0 aliphatic carbocycles. The lowest BCUT2D eigenvalue weighted by atomic mass is 10.1. The SMILES string of the molecule is CSc1ccc(S(=O)(=O)Nc2ccc(S(=O)(=O)Nc3cccc4ccccc34)cc2)cc1. The van der Waals surface area contributed by atoms with Crippen molar-refractivity contribution in [2.24, 2.45) is 0 Å². The van der Waals surface area contributed by atoms with Gasteiger partial charge in [-0.05, 0) is 66.2 Å². The second kappa shape index (κ2) is 8.85. The highest BCUT2D eigenvalue weighted by atomic mass is 32.2. The molecule has 0 atom stereocenters. The lowest BCUT2D eigenvalue weighted by Gasteiger charge is -2.12. The van der Waals surface area contributed by atoms with E-state index in [-0.39, 0.29) is 15.5 Å². The second-order valence-electron chi connectivity index (χ2n) is 6.94. The van der Waals surface area contributed by atoms with Gasteiger partial charge < -0.3 is 0 Å². The van der Waals surface area contributed by atoms with Crippen molar-refractivity contribution in [2.45, 2.75) is 14.7 Å². The highest BCUT2D eigenvalue weighted by Gasteiger charge is 2.17. The van der Waals surface area contributed by atoms with Crippen LogP contribution in [0, 0.1) is 0 Å². The van der Waals surface area contributed by atoms with E-state index in [1.807, 2.05) is 36.6 Å². The highest BCUT2D eigenvalue weighted by molar-refractivity contribution is 7.98. The Kier molecular flexibility index (Phi) is 6.14. The lowest BCUT2D eigenvalue weighted by Crippen LogP contribution is -2.14. The Bertz CT molecular complexity index is 1460. The first kappa shape index (κ1) is 22.2. The van der Waals surface area contributed by atoms with Crippen LogP contribution < -0.4 is 9.44 Å². The molecule has 0 amide bonds. The summed E-state index contributed by atoms with van der Waals surface area (Å²) in [6.07, 6.45) is 1.91. The van der Waals surface area contributed by atoms with Gasteiger partial charge >= 0.3 is 0 Å². The minimum absolute atomic E-state index is 0.0257. The van der Waals surface area contributed by atoms with Gasteiger partial charge in [0.1, 0.15) is 0 Å². The van der Waals surface area contributed by atoms with E-state index < -0.39 is 20.0 Å². The summed E-state index contributed by atoms with van der Waals surface area (Å²) in [7, 11) is -7.64. The van der Waals surface area contributed by atoms with Crippen LogP contribution >= 0.6 is 11.8 Å². The smallest absolute Gasteiger partial charge is 0.261 e.